The number of ketones is 1. The molecule has 2 fully saturated rings. The van der Waals surface area contributed by atoms with Crippen molar-refractivity contribution in [3.8, 4) is 0 Å². The number of carbonyl (C=O) groups excluding carboxylic acids is 1. The van der Waals surface area contributed by atoms with Gasteiger partial charge < -0.3 is 4.74 Å². The molecule has 2 atom stereocenters. The molecule has 2 aliphatic rings. The Balaban J connectivity index is 2.17. The highest BCUT2D eigenvalue weighted by molar-refractivity contribution is 5.80. The zero-order chi connectivity index (χ0) is 10.9. The summed E-state index contributed by atoms with van der Waals surface area (Å²) in [5.41, 5.74) is -0.0816. The van der Waals surface area contributed by atoms with Gasteiger partial charge in [0, 0.05) is 12.8 Å². The van der Waals surface area contributed by atoms with Crippen molar-refractivity contribution in [1.29, 1.82) is 0 Å². The van der Waals surface area contributed by atoms with Crippen LogP contribution in [0.4, 0.5) is 0 Å². The molecule has 1 spiro atoms. The second kappa shape index (κ2) is 4.25. The average Bonchev–Trinajstić information content (AvgIpc) is 2.17. The predicted octanol–water partition coefficient (Wildman–Crippen LogP) is 2.95. The van der Waals surface area contributed by atoms with Gasteiger partial charge in [0.1, 0.15) is 5.78 Å². The summed E-state index contributed by atoms with van der Waals surface area (Å²) in [6.45, 7) is 5.18. The van der Waals surface area contributed by atoms with E-state index < -0.39 is 0 Å². The zero-order valence-electron chi connectivity index (χ0n) is 9.92. The molecule has 0 aromatic rings. The molecule has 1 heterocycles. The van der Waals surface area contributed by atoms with Crippen molar-refractivity contribution < 1.29 is 9.53 Å². The summed E-state index contributed by atoms with van der Waals surface area (Å²) in [4.78, 5) is 11.6. The van der Waals surface area contributed by atoms with Crippen LogP contribution in [0.25, 0.3) is 0 Å². The highest BCUT2D eigenvalue weighted by Crippen LogP contribution is 2.45. The predicted molar refractivity (Wildman–Crippen MR) is 59.7 cm³/mol. The zero-order valence-corrected chi connectivity index (χ0v) is 9.92. The Labute approximate surface area is 92.4 Å². The highest BCUT2D eigenvalue weighted by atomic mass is 16.5. The van der Waals surface area contributed by atoms with Crippen LogP contribution in [-0.2, 0) is 9.53 Å². The van der Waals surface area contributed by atoms with E-state index in [2.05, 4.69) is 13.8 Å². The minimum Gasteiger partial charge on any atom is -0.374 e. The molecule has 0 amide bonds. The number of Topliss-reactive ketones (excluding diaryl/α,β-unsaturated/α-hetero) is 1. The molecule has 0 N–H and O–H groups in total. The first-order valence-electron chi connectivity index (χ1n) is 6.30. The van der Waals surface area contributed by atoms with E-state index in [1.165, 1.54) is 19.3 Å². The summed E-state index contributed by atoms with van der Waals surface area (Å²) in [6, 6.07) is 0. The molecule has 1 saturated carbocycles. The fraction of sp³-hybridized carbons (Fsp3) is 0.923. The van der Waals surface area contributed by atoms with Gasteiger partial charge in [0.25, 0.3) is 0 Å². The molecule has 0 aromatic heterocycles. The first-order valence-corrected chi connectivity index (χ1v) is 6.30. The summed E-state index contributed by atoms with van der Waals surface area (Å²) in [7, 11) is 0. The molecule has 2 unspecified atom stereocenters. The van der Waals surface area contributed by atoms with Crippen LogP contribution >= 0.6 is 0 Å². The van der Waals surface area contributed by atoms with Crippen LogP contribution in [-0.4, -0.2) is 18.0 Å². The minimum atomic E-state index is -0.0816. The molecule has 1 aliphatic carbocycles. The fourth-order valence-electron chi connectivity index (χ4n) is 3.42. The molecular weight excluding hydrogens is 188 g/mol. The third-order valence-corrected chi connectivity index (χ3v) is 4.11. The number of hydrogen-bond acceptors (Lipinski definition) is 2. The van der Waals surface area contributed by atoms with E-state index in [4.69, 9.17) is 4.74 Å². The SMILES string of the molecule is CC(C)C1CCCCC12CC(=O)CCO2. The Hall–Kier alpha value is -0.370. The third kappa shape index (κ3) is 2.10. The number of hydrogen-bond donors (Lipinski definition) is 0. The lowest BCUT2D eigenvalue weighted by atomic mass is 9.67. The standard InChI is InChI=1S/C13H22O2/c1-10(2)12-5-3-4-7-13(12)9-11(14)6-8-15-13/h10,12H,3-9H2,1-2H3. The Bertz CT molecular complexity index is 243. The van der Waals surface area contributed by atoms with Gasteiger partial charge in [0.2, 0.25) is 0 Å². The van der Waals surface area contributed by atoms with Gasteiger partial charge >= 0.3 is 0 Å². The maximum Gasteiger partial charge on any atom is 0.138 e. The number of rotatable bonds is 1. The van der Waals surface area contributed by atoms with E-state index in [1.54, 1.807) is 0 Å². The van der Waals surface area contributed by atoms with Crippen molar-refractivity contribution in [2.24, 2.45) is 11.8 Å². The second-order valence-electron chi connectivity index (χ2n) is 5.47. The summed E-state index contributed by atoms with van der Waals surface area (Å²) < 4.78 is 6.03. The quantitative estimate of drug-likeness (QED) is 0.665. The van der Waals surface area contributed by atoms with Gasteiger partial charge in [-0.15, -0.1) is 0 Å². The van der Waals surface area contributed by atoms with Gasteiger partial charge in [-0.3, -0.25) is 4.79 Å². The molecule has 1 aliphatic heterocycles. The van der Waals surface area contributed by atoms with Gasteiger partial charge in [-0.25, -0.2) is 0 Å². The Morgan fingerprint density at radius 3 is 2.87 bits per heavy atom. The topological polar surface area (TPSA) is 26.3 Å². The van der Waals surface area contributed by atoms with E-state index in [0.29, 0.717) is 37.1 Å². The first kappa shape index (κ1) is 11.1. The van der Waals surface area contributed by atoms with Crippen LogP contribution in [0.2, 0.25) is 0 Å². The smallest absolute Gasteiger partial charge is 0.138 e. The third-order valence-electron chi connectivity index (χ3n) is 4.11. The van der Waals surface area contributed by atoms with Crippen LogP contribution in [0.3, 0.4) is 0 Å². The Kier molecular flexibility index (Phi) is 3.15. The van der Waals surface area contributed by atoms with E-state index >= 15 is 0 Å². The second-order valence-corrected chi connectivity index (χ2v) is 5.47. The summed E-state index contributed by atoms with van der Waals surface area (Å²) >= 11 is 0. The van der Waals surface area contributed by atoms with Crippen molar-refractivity contribution in [3.05, 3.63) is 0 Å². The van der Waals surface area contributed by atoms with E-state index in [0.717, 1.165) is 6.42 Å². The van der Waals surface area contributed by atoms with Gasteiger partial charge in [-0.2, -0.15) is 0 Å². The molecule has 0 bridgehead atoms. The largest absolute Gasteiger partial charge is 0.374 e. The Morgan fingerprint density at radius 2 is 2.20 bits per heavy atom. The average molecular weight is 210 g/mol. The molecule has 86 valence electrons. The normalized spacial score (nSPS) is 37.5. The molecule has 0 radical (unpaired) electrons. The first-order chi connectivity index (χ1) is 7.14. The lowest BCUT2D eigenvalue weighted by molar-refractivity contribution is -0.162. The van der Waals surface area contributed by atoms with Crippen LogP contribution < -0.4 is 0 Å². The maximum absolute atomic E-state index is 11.6. The van der Waals surface area contributed by atoms with Crippen molar-refractivity contribution in [3.63, 3.8) is 0 Å². The summed E-state index contributed by atoms with van der Waals surface area (Å²) in [5.74, 6) is 1.64. The van der Waals surface area contributed by atoms with Crippen LogP contribution in [0.15, 0.2) is 0 Å². The van der Waals surface area contributed by atoms with Crippen LogP contribution in [0.1, 0.15) is 52.4 Å². The van der Waals surface area contributed by atoms with E-state index in [9.17, 15) is 4.79 Å². The number of carbonyl (C=O) groups is 1. The van der Waals surface area contributed by atoms with Gasteiger partial charge in [0.15, 0.2) is 0 Å². The molecule has 2 heteroatoms. The van der Waals surface area contributed by atoms with Crippen molar-refractivity contribution in [1.82, 2.24) is 0 Å². The molecule has 1 saturated heterocycles. The monoisotopic (exact) mass is 210 g/mol. The fourth-order valence-corrected chi connectivity index (χ4v) is 3.42. The molecule has 0 aromatic carbocycles. The van der Waals surface area contributed by atoms with Crippen LogP contribution in [0, 0.1) is 11.8 Å². The number of ether oxygens (including phenoxy) is 1. The minimum absolute atomic E-state index is 0.0816. The van der Waals surface area contributed by atoms with E-state index in [1.807, 2.05) is 0 Å². The van der Waals surface area contributed by atoms with Crippen molar-refractivity contribution in [2.45, 2.75) is 58.0 Å². The van der Waals surface area contributed by atoms with Crippen molar-refractivity contribution in [2.75, 3.05) is 6.61 Å². The van der Waals surface area contributed by atoms with E-state index in [-0.39, 0.29) is 5.60 Å². The van der Waals surface area contributed by atoms with Gasteiger partial charge in [0.05, 0.1) is 12.2 Å². The summed E-state index contributed by atoms with van der Waals surface area (Å²) in [5, 5.41) is 0. The highest BCUT2D eigenvalue weighted by Gasteiger charge is 2.46. The molecule has 15 heavy (non-hydrogen) atoms. The molecule has 2 rings (SSSR count). The molecule has 2 nitrogen and oxygen atoms in total. The summed E-state index contributed by atoms with van der Waals surface area (Å²) in [6.07, 6.45) is 6.19. The molecular formula is C13H22O2. The van der Waals surface area contributed by atoms with Crippen molar-refractivity contribution >= 4 is 5.78 Å². The lowest BCUT2D eigenvalue weighted by Gasteiger charge is -2.47. The lowest BCUT2D eigenvalue weighted by Crippen LogP contribution is -2.50. The maximum atomic E-state index is 11.6. The van der Waals surface area contributed by atoms with Gasteiger partial charge in [-0.05, 0) is 24.7 Å². The van der Waals surface area contributed by atoms with Gasteiger partial charge in [-0.1, -0.05) is 26.7 Å². The Morgan fingerprint density at radius 1 is 1.40 bits per heavy atom. The van der Waals surface area contributed by atoms with Crippen LogP contribution in [0.5, 0.6) is 0 Å².